The molecule has 3 N–H and O–H groups in total. The molecule has 2 unspecified atom stereocenters. The third kappa shape index (κ3) is 6.67. The lowest BCUT2D eigenvalue weighted by Crippen LogP contribution is -2.52. The van der Waals surface area contributed by atoms with Gasteiger partial charge in [0.1, 0.15) is 0 Å². The van der Waals surface area contributed by atoms with E-state index in [0.29, 0.717) is 5.92 Å². The second-order valence-corrected chi connectivity index (χ2v) is 5.29. The van der Waals surface area contributed by atoms with Crippen molar-refractivity contribution in [1.29, 1.82) is 0 Å². The Balaban J connectivity index is 4.03. The standard InChI is InChI=1S/C14H30N2O/c1-5-8-9-12(7-3)11-16-13(17)14(4,15)10-6-2/h12H,5-11,15H2,1-4H3,(H,16,17). The zero-order chi connectivity index (χ0) is 13.3. The molecule has 0 aliphatic rings. The van der Waals surface area contributed by atoms with Crippen LogP contribution >= 0.6 is 0 Å². The van der Waals surface area contributed by atoms with E-state index in [4.69, 9.17) is 5.73 Å². The Labute approximate surface area is 107 Å². The van der Waals surface area contributed by atoms with Gasteiger partial charge in [0, 0.05) is 6.54 Å². The number of hydrogen-bond donors (Lipinski definition) is 2. The predicted molar refractivity (Wildman–Crippen MR) is 73.8 cm³/mol. The van der Waals surface area contributed by atoms with E-state index in [1.165, 1.54) is 19.3 Å². The fourth-order valence-corrected chi connectivity index (χ4v) is 2.02. The number of carbonyl (C=O) groups is 1. The van der Waals surface area contributed by atoms with Gasteiger partial charge in [-0.15, -0.1) is 0 Å². The lowest BCUT2D eigenvalue weighted by Gasteiger charge is -2.24. The summed E-state index contributed by atoms with van der Waals surface area (Å²) >= 11 is 0. The molecule has 102 valence electrons. The van der Waals surface area contributed by atoms with E-state index in [1.54, 1.807) is 0 Å². The number of carbonyl (C=O) groups excluding carboxylic acids is 1. The molecule has 0 aromatic heterocycles. The van der Waals surface area contributed by atoms with Crippen molar-refractivity contribution in [2.45, 2.75) is 71.8 Å². The van der Waals surface area contributed by atoms with Crippen LogP contribution < -0.4 is 11.1 Å². The summed E-state index contributed by atoms with van der Waals surface area (Å²) < 4.78 is 0. The second-order valence-electron chi connectivity index (χ2n) is 5.29. The van der Waals surface area contributed by atoms with Crippen molar-refractivity contribution >= 4 is 5.91 Å². The average Bonchev–Trinajstić information content (AvgIpc) is 2.28. The van der Waals surface area contributed by atoms with Crippen molar-refractivity contribution in [2.75, 3.05) is 6.54 Å². The fraction of sp³-hybridized carbons (Fsp3) is 0.929. The molecule has 17 heavy (non-hydrogen) atoms. The minimum Gasteiger partial charge on any atom is -0.354 e. The summed E-state index contributed by atoms with van der Waals surface area (Å²) in [7, 11) is 0. The van der Waals surface area contributed by atoms with Crippen molar-refractivity contribution in [3.05, 3.63) is 0 Å². The van der Waals surface area contributed by atoms with Crippen molar-refractivity contribution in [3.63, 3.8) is 0 Å². The molecular formula is C14H30N2O. The Hall–Kier alpha value is -0.570. The maximum Gasteiger partial charge on any atom is 0.239 e. The summed E-state index contributed by atoms with van der Waals surface area (Å²) in [4.78, 5) is 11.9. The van der Waals surface area contributed by atoms with Crippen LogP contribution in [-0.4, -0.2) is 18.0 Å². The van der Waals surface area contributed by atoms with Gasteiger partial charge in [0.25, 0.3) is 0 Å². The first-order chi connectivity index (χ1) is 7.97. The summed E-state index contributed by atoms with van der Waals surface area (Å²) in [5, 5.41) is 3.00. The number of rotatable bonds is 9. The van der Waals surface area contributed by atoms with Gasteiger partial charge in [0.15, 0.2) is 0 Å². The molecule has 0 aliphatic carbocycles. The van der Waals surface area contributed by atoms with Crippen LogP contribution in [0.1, 0.15) is 66.2 Å². The molecule has 0 aromatic carbocycles. The van der Waals surface area contributed by atoms with Crippen LogP contribution in [0.25, 0.3) is 0 Å². The second kappa shape index (κ2) is 8.51. The van der Waals surface area contributed by atoms with Gasteiger partial charge in [-0.2, -0.15) is 0 Å². The summed E-state index contributed by atoms with van der Waals surface area (Å²) in [5.74, 6) is 0.589. The molecule has 1 amide bonds. The summed E-state index contributed by atoms with van der Waals surface area (Å²) in [6.45, 7) is 9.02. The Morgan fingerprint density at radius 3 is 2.41 bits per heavy atom. The molecule has 0 aliphatic heterocycles. The zero-order valence-electron chi connectivity index (χ0n) is 12.0. The molecule has 0 saturated carbocycles. The van der Waals surface area contributed by atoms with Gasteiger partial charge >= 0.3 is 0 Å². The van der Waals surface area contributed by atoms with Gasteiger partial charge in [0.2, 0.25) is 5.91 Å². The van der Waals surface area contributed by atoms with Crippen LogP contribution in [0.3, 0.4) is 0 Å². The van der Waals surface area contributed by atoms with Gasteiger partial charge in [-0.05, 0) is 25.7 Å². The van der Waals surface area contributed by atoms with Gasteiger partial charge < -0.3 is 11.1 Å². The summed E-state index contributed by atoms with van der Waals surface area (Å²) in [6.07, 6.45) is 6.45. The van der Waals surface area contributed by atoms with Crippen LogP contribution in [0.4, 0.5) is 0 Å². The Bertz CT molecular complexity index is 214. The Kier molecular flexibility index (Phi) is 8.23. The highest BCUT2D eigenvalue weighted by Crippen LogP contribution is 2.13. The van der Waals surface area contributed by atoms with E-state index in [0.717, 1.165) is 25.8 Å². The van der Waals surface area contributed by atoms with Gasteiger partial charge in [-0.3, -0.25) is 4.79 Å². The molecule has 2 atom stereocenters. The van der Waals surface area contributed by atoms with Crippen molar-refractivity contribution in [1.82, 2.24) is 5.32 Å². The van der Waals surface area contributed by atoms with E-state index in [9.17, 15) is 4.79 Å². The third-order valence-corrected chi connectivity index (χ3v) is 3.38. The SMILES string of the molecule is CCCCC(CC)CNC(=O)C(C)(N)CCC. The largest absolute Gasteiger partial charge is 0.354 e. The average molecular weight is 242 g/mol. The normalized spacial score (nSPS) is 16.3. The predicted octanol–water partition coefficient (Wildman–Crippen LogP) is 2.84. The lowest BCUT2D eigenvalue weighted by atomic mass is 9.95. The highest BCUT2D eigenvalue weighted by molar-refractivity contribution is 5.85. The number of hydrogen-bond acceptors (Lipinski definition) is 2. The highest BCUT2D eigenvalue weighted by atomic mass is 16.2. The van der Waals surface area contributed by atoms with Crippen molar-refractivity contribution in [3.8, 4) is 0 Å². The van der Waals surface area contributed by atoms with Gasteiger partial charge in [-0.25, -0.2) is 0 Å². The van der Waals surface area contributed by atoms with E-state index >= 15 is 0 Å². The van der Waals surface area contributed by atoms with Crippen LogP contribution in [0.2, 0.25) is 0 Å². The molecule has 0 rings (SSSR count). The first kappa shape index (κ1) is 16.4. The molecule has 0 spiro atoms. The number of nitrogens with one attached hydrogen (secondary N) is 1. The third-order valence-electron chi connectivity index (χ3n) is 3.38. The van der Waals surface area contributed by atoms with Crippen LogP contribution in [0.15, 0.2) is 0 Å². The molecule has 0 aromatic rings. The van der Waals surface area contributed by atoms with Crippen molar-refractivity contribution < 1.29 is 4.79 Å². The van der Waals surface area contributed by atoms with Crippen LogP contribution in [-0.2, 0) is 4.79 Å². The van der Waals surface area contributed by atoms with Crippen LogP contribution in [0, 0.1) is 5.92 Å². The monoisotopic (exact) mass is 242 g/mol. The topological polar surface area (TPSA) is 55.1 Å². The molecule has 0 radical (unpaired) electrons. The molecule has 0 saturated heterocycles. The Morgan fingerprint density at radius 2 is 1.94 bits per heavy atom. The number of unbranched alkanes of at least 4 members (excludes halogenated alkanes) is 1. The van der Waals surface area contributed by atoms with Crippen molar-refractivity contribution in [2.24, 2.45) is 11.7 Å². The van der Waals surface area contributed by atoms with E-state index < -0.39 is 5.54 Å². The smallest absolute Gasteiger partial charge is 0.239 e. The fourth-order valence-electron chi connectivity index (χ4n) is 2.02. The molecule has 0 bridgehead atoms. The quantitative estimate of drug-likeness (QED) is 0.653. The van der Waals surface area contributed by atoms with Crippen LogP contribution in [0.5, 0.6) is 0 Å². The van der Waals surface area contributed by atoms with E-state index in [1.807, 2.05) is 6.92 Å². The highest BCUT2D eigenvalue weighted by Gasteiger charge is 2.27. The molecule has 3 nitrogen and oxygen atoms in total. The molecular weight excluding hydrogens is 212 g/mol. The minimum atomic E-state index is -0.711. The molecule has 0 fully saturated rings. The van der Waals surface area contributed by atoms with Gasteiger partial charge in [-0.1, -0.05) is 46.5 Å². The van der Waals surface area contributed by atoms with E-state index in [2.05, 4.69) is 26.1 Å². The minimum absolute atomic E-state index is 0.00528. The lowest BCUT2D eigenvalue weighted by molar-refractivity contribution is -0.126. The Morgan fingerprint density at radius 1 is 1.29 bits per heavy atom. The maximum absolute atomic E-state index is 11.9. The van der Waals surface area contributed by atoms with E-state index in [-0.39, 0.29) is 5.91 Å². The first-order valence-corrected chi connectivity index (χ1v) is 7.05. The maximum atomic E-state index is 11.9. The first-order valence-electron chi connectivity index (χ1n) is 7.05. The summed E-state index contributed by atoms with van der Waals surface area (Å²) in [5.41, 5.74) is 5.28. The molecule has 0 heterocycles. The number of nitrogens with two attached hydrogens (primary N) is 1. The summed E-state index contributed by atoms with van der Waals surface area (Å²) in [6, 6.07) is 0. The number of amides is 1. The molecule has 3 heteroatoms. The van der Waals surface area contributed by atoms with Gasteiger partial charge in [0.05, 0.1) is 5.54 Å². The zero-order valence-corrected chi connectivity index (χ0v) is 12.0.